The molecular formula is C54H81N3O17S3. The maximum absolute atomic E-state index is 12.2. The van der Waals surface area contributed by atoms with E-state index in [4.69, 9.17) is 18.4 Å². The molecule has 77 heavy (non-hydrogen) atoms. The highest BCUT2D eigenvalue weighted by molar-refractivity contribution is 7.99. The Kier molecular flexibility index (Phi) is 24.4. The monoisotopic (exact) mass is 1140 g/mol. The van der Waals surface area contributed by atoms with Gasteiger partial charge in [0.1, 0.15) is 16.8 Å². The minimum absolute atomic E-state index is 0.0429. The second-order valence-electron chi connectivity index (χ2n) is 22.1. The van der Waals surface area contributed by atoms with E-state index in [0.717, 1.165) is 67.0 Å². The SMILES string of the molecule is CC(C)(C)OC(=O)N1CCC(c2ccccc2C(=O)O)CC1.CC(C)(C)OC(=O)N1CCC(c2ccccc2CO)CC1.CC(C)(C)OC(=O)N1CCC(c2ccccc2COS(C)(=O)=O)CC1.CS(=O)(=O)OS(C)(=O)=O. The highest BCUT2D eigenvalue weighted by Crippen LogP contribution is 2.34. The third-order valence-corrected chi connectivity index (χ3v) is 14.4. The molecule has 3 aliphatic rings. The van der Waals surface area contributed by atoms with E-state index in [2.05, 4.69) is 9.70 Å². The van der Waals surface area contributed by atoms with Crippen LogP contribution in [0.5, 0.6) is 0 Å². The van der Waals surface area contributed by atoms with Crippen molar-refractivity contribution in [2.75, 3.05) is 58.0 Å². The number of rotatable bonds is 10. The Balaban J connectivity index is 0.000000282. The molecule has 6 rings (SSSR count). The summed E-state index contributed by atoms with van der Waals surface area (Å²) in [6.45, 7) is 20.7. The lowest BCUT2D eigenvalue weighted by Gasteiger charge is -2.34. The van der Waals surface area contributed by atoms with Crippen LogP contribution in [0.2, 0.25) is 0 Å². The van der Waals surface area contributed by atoms with Gasteiger partial charge in [-0.1, -0.05) is 66.7 Å². The van der Waals surface area contributed by atoms with Crippen molar-refractivity contribution in [3.63, 3.8) is 0 Å². The predicted octanol–water partition coefficient (Wildman–Crippen LogP) is 8.99. The second-order valence-corrected chi connectivity index (χ2v) is 27.1. The molecule has 0 unspecified atom stereocenters. The topological polar surface area (TPSA) is 267 Å². The molecule has 0 radical (unpaired) electrons. The van der Waals surface area contributed by atoms with Crippen molar-refractivity contribution in [1.82, 2.24) is 14.7 Å². The largest absolute Gasteiger partial charge is 0.478 e. The number of hydrogen-bond acceptors (Lipinski definition) is 16. The summed E-state index contributed by atoms with van der Waals surface area (Å²) in [4.78, 5) is 52.8. The lowest BCUT2D eigenvalue weighted by Crippen LogP contribution is -2.41. The number of piperidine rings is 3. The van der Waals surface area contributed by atoms with Gasteiger partial charge in [0.05, 0.1) is 37.5 Å². The van der Waals surface area contributed by atoms with Gasteiger partial charge in [0, 0.05) is 39.3 Å². The van der Waals surface area contributed by atoms with Crippen molar-refractivity contribution in [3.8, 4) is 0 Å². The van der Waals surface area contributed by atoms with Crippen LogP contribution in [0, 0.1) is 0 Å². The van der Waals surface area contributed by atoms with Crippen LogP contribution in [0.1, 0.15) is 157 Å². The number of nitrogens with zero attached hydrogens (tertiary/aromatic N) is 3. The average Bonchev–Trinajstić information content (AvgIpc) is 3.31. The molecule has 0 bridgehead atoms. The van der Waals surface area contributed by atoms with Gasteiger partial charge in [-0.15, -0.1) is 3.63 Å². The molecule has 0 atom stereocenters. The Morgan fingerprint density at radius 2 is 0.779 bits per heavy atom. The highest BCUT2D eigenvalue weighted by Gasteiger charge is 2.32. The van der Waals surface area contributed by atoms with Crippen LogP contribution in [0.15, 0.2) is 72.8 Å². The third-order valence-electron chi connectivity index (χ3n) is 11.9. The fourth-order valence-electron chi connectivity index (χ4n) is 8.68. The number of hydrogen-bond donors (Lipinski definition) is 2. The quantitative estimate of drug-likeness (QED) is 0.142. The van der Waals surface area contributed by atoms with Crippen molar-refractivity contribution >= 4 is 54.6 Å². The van der Waals surface area contributed by atoms with Crippen LogP contribution < -0.4 is 0 Å². The van der Waals surface area contributed by atoms with Gasteiger partial charge in [0.15, 0.2) is 0 Å². The van der Waals surface area contributed by atoms with Crippen LogP contribution in [0.3, 0.4) is 0 Å². The Labute approximate surface area is 456 Å². The molecule has 3 aromatic rings. The van der Waals surface area contributed by atoms with Gasteiger partial charge in [-0.05, 0) is 152 Å². The van der Waals surface area contributed by atoms with Gasteiger partial charge in [-0.2, -0.15) is 25.3 Å². The molecule has 3 saturated heterocycles. The summed E-state index contributed by atoms with van der Waals surface area (Å²) in [5.74, 6) is -0.0405. The van der Waals surface area contributed by atoms with E-state index in [1.54, 1.807) is 26.8 Å². The van der Waals surface area contributed by atoms with Crippen molar-refractivity contribution in [3.05, 3.63) is 106 Å². The van der Waals surface area contributed by atoms with Gasteiger partial charge >= 0.3 is 24.2 Å². The number of amides is 3. The summed E-state index contributed by atoms with van der Waals surface area (Å²) in [7, 11) is -11.2. The van der Waals surface area contributed by atoms with Crippen LogP contribution in [0.25, 0.3) is 0 Å². The van der Waals surface area contributed by atoms with E-state index in [0.29, 0.717) is 63.3 Å². The summed E-state index contributed by atoms with van der Waals surface area (Å²) in [6.07, 6.45) is 6.54. The fourth-order valence-corrected chi connectivity index (χ4v) is 10.8. The number of carboxylic acid groups (broad SMARTS) is 1. The smallest absolute Gasteiger partial charge is 0.410 e. The minimum Gasteiger partial charge on any atom is -0.478 e. The van der Waals surface area contributed by atoms with E-state index < -0.39 is 53.1 Å². The number of benzene rings is 3. The van der Waals surface area contributed by atoms with Gasteiger partial charge in [-0.3, -0.25) is 4.18 Å². The van der Waals surface area contributed by atoms with E-state index in [-0.39, 0.29) is 43.3 Å². The van der Waals surface area contributed by atoms with E-state index >= 15 is 0 Å². The minimum atomic E-state index is -3.87. The maximum Gasteiger partial charge on any atom is 0.410 e. The lowest BCUT2D eigenvalue weighted by atomic mass is 9.86. The molecule has 23 heteroatoms. The normalized spacial score (nSPS) is 16.3. The van der Waals surface area contributed by atoms with E-state index in [9.17, 15) is 54.6 Å². The molecule has 0 aromatic heterocycles. The number of ether oxygens (including phenoxy) is 3. The predicted molar refractivity (Wildman–Crippen MR) is 292 cm³/mol. The zero-order valence-corrected chi connectivity index (χ0v) is 49.1. The molecular weight excluding hydrogens is 1060 g/mol. The number of likely N-dealkylation sites (tertiary alicyclic amines) is 3. The molecule has 432 valence electrons. The number of carbonyl (C=O) groups is 4. The zero-order chi connectivity index (χ0) is 58.2. The third kappa shape index (κ3) is 25.3. The zero-order valence-electron chi connectivity index (χ0n) is 46.6. The van der Waals surface area contributed by atoms with Crippen LogP contribution in [-0.2, 0) is 65.6 Å². The average molecular weight is 1140 g/mol. The molecule has 3 aliphatic heterocycles. The molecule has 0 saturated carbocycles. The summed E-state index contributed by atoms with van der Waals surface area (Å²) in [5, 5.41) is 18.7. The van der Waals surface area contributed by atoms with Crippen LogP contribution in [-0.4, -0.2) is 149 Å². The maximum atomic E-state index is 12.2. The Bertz CT molecular complexity index is 2730. The molecule has 20 nitrogen and oxygen atoms in total. The van der Waals surface area contributed by atoms with Crippen molar-refractivity contribution in [2.24, 2.45) is 0 Å². The molecule has 3 aromatic carbocycles. The lowest BCUT2D eigenvalue weighted by molar-refractivity contribution is 0.0194. The molecule has 0 aliphatic carbocycles. The summed E-state index contributed by atoms with van der Waals surface area (Å²) < 4.78 is 87.4. The standard InChI is InChI=1S/C18H27NO5S.C17H23NO4.C17H25NO3.C2H6O5S2/c1-18(2,3)24-17(20)19-11-9-14(10-12-19)16-8-6-5-7-15(16)13-23-25(4,21)22;1-17(2,3)22-16(21)18-10-8-12(9-11-18)13-6-4-5-7-14(13)15(19)20;1-17(2,3)21-16(20)18-10-8-13(9-11-18)15-7-5-4-6-14(15)12-19;1-8(3,4)7-9(2,5)6/h5-8,14H,9-13H2,1-4H3;4-7,12H,8-11H2,1-3H3,(H,19,20);4-7,13,19H,8-12H2,1-3H3;1-2H3. The van der Waals surface area contributed by atoms with Crippen LogP contribution >= 0.6 is 0 Å². The Morgan fingerprint density at radius 1 is 0.481 bits per heavy atom. The molecule has 0 spiro atoms. The van der Waals surface area contributed by atoms with Crippen LogP contribution in [0.4, 0.5) is 14.4 Å². The van der Waals surface area contributed by atoms with Gasteiger partial charge in [0.25, 0.3) is 30.4 Å². The number of aliphatic hydroxyl groups is 1. The van der Waals surface area contributed by atoms with Gasteiger partial charge in [0.2, 0.25) is 0 Å². The second kappa shape index (κ2) is 28.5. The Hall–Kier alpha value is -5.33. The first-order valence-corrected chi connectivity index (χ1v) is 30.9. The van der Waals surface area contributed by atoms with Gasteiger partial charge < -0.3 is 39.1 Å². The van der Waals surface area contributed by atoms with Crippen molar-refractivity contribution < 1.29 is 76.7 Å². The number of carbonyl (C=O) groups excluding carboxylic acids is 3. The molecule has 3 fully saturated rings. The first-order valence-electron chi connectivity index (χ1n) is 25.4. The highest BCUT2D eigenvalue weighted by atomic mass is 32.3. The number of aliphatic hydroxyl groups excluding tert-OH is 1. The number of aromatic carboxylic acids is 1. The summed E-state index contributed by atoms with van der Waals surface area (Å²) >= 11 is 0. The van der Waals surface area contributed by atoms with E-state index in [1.807, 2.05) is 117 Å². The molecule has 3 heterocycles. The summed E-state index contributed by atoms with van der Waals surface area (Å²) in [6, 6.07) is 22.8. The Morgan fingerprint density at radius 3 is 1.08 bits per heavy atom. The van der Waals surface area contributed by atoms with Crippen molar-refractivity contribution in [2.45, 2.75) is 149 Å². The molecule has 2 N–H and O–H groups in total. The van der Waals surface area contributed by atoms with Crippen molar-refractivity contribution in [1.29, 1.82) is 0 Å². The molecule has 3 amide bonds. The summed E-state index contributed by atoms with van der Waals surface area (Å²) in [5.41, 5.74) is 3.96. The van der Waals surface area contributed by atoms with E-state index in [1.165, 1.54) is 5.56 Å². The van der Waals surface area contributed by atoms with Gasteiger partial charge in [-0.25, -0.2) is 19.2 Å². The fraction of sp³-hybridized carbons (Fsp3) is 0.593. The first kappa shape index (κ1) is 66.0. The first-order chi connectivity index (χ1) is 35.4. The number of carboxylic acids is 1.